The molecule has 0 aliphatic carbocycles. The van der Waals surface area contributed by atoms with E-state index in [9.17, 15) is 13.2 Å². The van der Waals surface area contributed by atoms with Crippen LogP contribution in [0.15, 0.2) is 77.7 Å². The van der Waals surface area contributed by atoms with Gasteiger partial charge in [0, 0.05) is 11.3 Å². The van der Waals surface area contributed by atoms with Gasteiger partial charge in [-0.1, -0.05) is 42.5 Å². The molecule has 0 spiro atoms. The summed E-state index contributed by atoms with van der Waals surface area (Å²) in [5.41, 5.74) is 7.91. The highest BCUT2D eigenvalue weighted by molar-refractivity contribution is 7.85. The van der Waals surface area contributed by atoms with Gasteiger partial charge in [0.25, 0.3) is 10.1 Å². The minimum absolute atomic E-state index is 0.150. The van der Waals surface area contributed by atoms with Gasteiger partial charge in [0.05, 0.1) is 21.5 Å². The molecule has 5 N–H and O–H groups in total. The second-order valence-electron chi connectivity index (χ2n) is 6.00. The molecule has 4 aromatic rings. The number of carboxylic acids is 1. The molecule has 1 aromatic heterocycles. The summed E-state index contributed by atoms with van der Waals surface area (Å²) >= 11 is 0. The minimum Gasteiger partial charge on any atom is -0.478 e. The van der Waals surface area contributed by atoms with Crippen molar-refractivity contribution in [1.82, 2.24) is 9.97 Å². The molecular formula is C20H17N3O5S. The van der Waals surface area contributed by atoms with Gasteiger partial charge in [0.1, 0.15) is 5.82 Å². The number of nitrogen functional groups attached to an aromatic ring is 1. The van der Waals surface area contributed by atoms with Crippen molar-refractivity contribution in [2.24, 2.45) is 0 Å². The number of fused-ring (bicyclic) bond motifs is 1. The first-order valence-corrected chi connectivity index (χ1v) is 9.80. The zero-order valence-corrected chi connectivity index (χ0v) is 15.8. The number of anilines is 1. The normalized spacial score (nSPS) is 10.9. The van der Waals surface area contributed by atoms with Crippen LogP contribution >= 0.6 is 0 Å². The second kappa shape index (κ2) is 8.13. The number of nitrogens with zero attached hydrogens (tertiary/aromatic N) is 1. The zero-order chi connectivity index (χ0) is 21.0. The SMILES string of the molecule is Nc1ccccc1C(=O)O.O=S(=O)(O)c1ccc2nc(-c3ccccc3)[nH]c2c1. The van der Waals surface area contributed by atoms with E-state index in [-0.39, 0.29) is 10.5 Å². The summed E-state index contributed by atoms with van der Waals surface area (Å²) in [6, 6.07) is 20.1. The van der Waals surface area contributed by atoms with Crippen LogP contribution in [0.5, 0.6) is 0 Å². The number of aromatic amines is 1. The van der Waals surface area contributed by atoms with E-state index in [4.69, 9.17) is 15.4 Å². The molecule has 1 heterocycles. The molecule has 3 aromatic carbocycles. The van der Waals surface area contributed by atoms with Crippen molar-refractivity contribution in [3.05, 3.63) is 78.4 Å². The number of nitrogens with one attached hydrogen (secondary N) is 1. The van der Waals surface area contributed by atoms with E-state index in [0.29, 0.717) is 22.5 Å². The molecule has 8 nitrogen and oxygen atoms in total. The van der Waals surface area contributed by atoms with Crippen LogP contribution in [0.2, 0.25) is 0 Å². The lowest BCUT2D eigenvalue weighted by atomic mass is 10.2. The van der Waals surface area contributed by atoms with E-state index >= 15 is 0 Å². The topological polar surface area (TPSA) is 146 Å². The van der Waals surface area contributed by atoms with Crippen molar-refractivity contribution in [2.75, 3.05) is 5.73 Å². The molecule has 0 radical (unpaired) electrons. The molecule has 0 aliphatic heterocycles. The Labute approximate surface area is 166 Å². The Morgan fingerprint density at radius 3 is 2.21 bits per heavy atom. The lowest BCUT2D eigenvalue weighted by Gasteiger charge is -1.96. The third kappa shape index (κ3) is 4.78. The third-order valence-electron chi connectivity index (χ3n) is 3.99. The molecule has 0 saturated heterocycles. The predicted octanol–water partition coefficient (Wildman–Crippen LogP) is 3.44. The Hall–Kier alpha value is -3.69. The lowest BCUT2D eigenvalue weighted by molar-refractivity contribution is 0.0698. The summed E-state index contributed by atoms with van der Waals surface area (Å²) in [6.45, 7) is 0. The number of benzene rings is 3. The van der Waals surface area contributed by atoms with Crippen molar-refractivity contribution in [3.63, 3.8) is 0 Å². The van der Waals surface area contributed by atoms with Crippen molar-refractivity contribution in [3.8, 4) is 11.4 Å². The molecule has 0 aliphatic rings. The van der Waals surface area contributed by atoms with E-state index in [1.807, 2.05) is 30.3 Å². The monoisotopic (exact) mass is 411 g/mol. The maximum Gasteiger partial charge on any atom is 0.337 e. The van der Waals surface area contributed by atoms with Gasteiger partial charge in [-0.05, 0) is 30.3 Å². The summed E-state index contributed by atoms with van der Waals surface area (Å²) in [5, 5.41) is 8.49. The quantitative estimate of drug-likeness (QED) is 0.298. The second-order valence-corrected chi connectivity index (χ2v) is 7.42. The molecule has 9 heteroatoms. The number of hydrogen-bond acceptors (Lipinski definition) is 5. The number of para-hydroxylation sites is 1. The smallest absolute Gasteiger partial charge is 0.337 e. The first-order valence-electron chi connectivity index (χ1n) is 8.36. The van der Waals surface area contributed by atoms with Gasteiger partial charge in [-0.2, -0.15) is 8.42 Å². The fourth-order valence-corrected chi connectivity index (χ4v) is 3.08. The van der Waals surface area contributed by atoms with Crippen LogP contribution in [0.3, 0.4) is 0 Å². The van der Waals surface area contributed by atoms with Crippen molar-refractivity contribution < 1.29 is 22.9 Å². The summed E-state index contributed by atoms with van der Waals surface area (Å²) < 4.78 is 31.2. The lowest BCUT2D eigenvalue weighted by Crippen LogP contribution is -2.00. The average Bonchev–Trinajstić information content (AvgIpc) is 3.12. The van der Waals surface area contributed by atoms with E-state index in [0.717, 1.165) is 5.56 Å². The molecule has 0 bridgehead atoms. The number of aromatic carboxylic acids is 1. The van der Waals surface area contributed by atoms with Gasteiger partial charge in [0.15, 0.2) is 0 Å². The highest BCUT2D eigenvalue weighted by Crippen LogP contribution is 2.22. The van der Waals surface area contributed by atoms with Crippen molar-refractivity contribution in [2.45, 2.75) is 4.90 Å². The average molecular weight is 411 g/mol. The fraction of sp³-hybridized carbons (Fsp3) is 0. The molecule has 4 rings (SSSR count). The minimum atomic E-state index is -4.20. The van der Waals surface area contributed by atoms with Crippen LogP contribution in [-0.2, 0) is 10.1 Å². The summed E-state index contributed by atoms with van der Waals surface area (Å²) in [4.78, 5) is 17.6. The van der Waals surface area contributed by atoms with E-state index in [1.54, 1.807) is 24.3 Å². The molecule has 0 saturated carbocycles. The van der Waals surface area contributed by atoms with Crippen molar-refractivity contribution in [1.29, 1.82) is 0 Å². The zero-order valence-electron chi connectivity index (χ0n) is 15.0. The molecule has 29 heavy (non-hydrogen) atoms. The van der Waals surface area contributed by atoms with Crippen LogP contribution < -0.4 is 5.73 Å². The highest BCUT2D eigenvalue weighted by Gasteiger charge is 2.12. The van der Waals surface area contributed by atoms with E-state index < -0.39 is 16.1 Å². The van der Waals surface area contributed by atoms with Gasteiger partial charge in [0.2, 0.25) is 0 Å². The maximum absolute atomic E-state index is 11.1. The van der Waals surface area contributed by atoms with Gasteiger partial charge in [-0.25, -0.2) is 9.78 Å². The van der Waals surface area contributed by atoms with Gasteiger partial charge >= 0.3 is 5.97 Å². The molecular weight excluding hydrogens is 394 g/mol. The van der Waals surface area contributed by atoms with Gasteiger partial charge < -0.3 is 15.8 Å². The molecule has 0 fully saturated rings. The van der Waals surface area contributed by atoms with Crippen LogP contribution in [0.1, 0.15) is 10.4 Å². The highest BCUT2D eigenvalue weighted by atomic mass is 32.2. The molecule has 0 unspecified atom stereocenters. The number of carbonyl (C=O) groups is 1. The summed E-state index contributed by atoms with van der Waals surface area (Å²) in [6.07, 6.45) is 0. The van der Waals surface area contributed by atoms with Crippen molar-refractivity contribution >= 4 is 32.8 Å². The number of carboxylic acid groups (broad SMARTS) is 1. The Morgan fingerprint density at radius 2 is 1.62 bits per heavy atom. The Balaban J connectivity index is 0.000000204. The molecule has 0 atom stereocenters. The maximum atomic E-state index is 11.1. The van der Waals surface area contributed by atoms with Gasteiger partial charge in [-0.15, -0.1) is 0 Å². The number of nitrogens with two attached hydrogens (primary N) is 1. The van der Waals surface area contributed by atoms with Crippen LogP contribution in [0.4, 0.5) is 5.69 Å². The largest absolute Gasteiger partial charge is 0.478 e. The molecule has 0 amide bonds. The first-order chi connectivity index (χ1) is 13.8. The Morgan fingerprint density at radius 1 is 0.966 bits per heavy atom. The Bertz CT molecular complexity index is 1270. The summed E-state index contributed by atoms with van der Waals surface area (Å²) in [7, 11) is -4.20. The Kier molecular flexibility index (Phi) is 5.62. The number of rotatable bonds is 3. The standard InChI is InChI=1S/C13H10N2O3S.C7H7NO2/c16-19(17,18)10-6-7-11-12(8-10)15-13(14-11)9-4-2-1-3-5-9;8-6-4-2-1-3-5(6)7(9)10/h1-8H,(H,14,15)(H,16,17,18);1-4H,8H2,(H,9,10). The fourth-order valence-electron chi connectivity index (χ4n) is 2.57. The van der Waals surface area contributed by atoms with Crippen LogP contribution in [0.25, 0.3) is 22.4 Å². The van der Waals surface area contributed by atoms with E-state index in [2.05, 4.69) is 9.97 Å². The first kappa shape index (κ1) is 20.1. The number of aromatic nitrogens is 2. The van der Waals surface area contributed by atoms with Gasteiger partial charge in [-0.3, -0.25) is 4.55 Å². The van der Waals surface area contributed by atoms with Crippen LogP contribution in [-0.4, -0.2) is 34.0 Å². The predicted molar refractivity (Wildman–Crippen MR) is 109 cm³/mol. The number of hydrogen-bond donors (Lipinski definition) is 4. The molecule has 148 valence electrons. The summed E-state index contributed by atoms with van der Waals surface area (Å²) in [5.74, 6) is -0.332. The van der Waals surface area contributed by atoms with E-state index in [1.165, 1.54) is 18.2 Å². The van der Waals surface area contributed by atoms with Crippen LogP contribution in [0, 0.1) is 0 Å². The number of H-pyrrole nitrogens is 1. The third-order valence-corrected chi connectivity index (χ3v) is 4.84. The number of imidazole rings is 1.